The van der Waals surface area contributed by atoms with Crippen molar-refractivity contribution >= 4 is 40.3 Å². The molecule has 0 spiro atoms. The Morgan fingerprint density at radius 2 is 0.973 bits per heavy atom. The molecule has 0 aliphatic carbocycles. The fourth-order valence-electron chi connectivity index (χ4n) is 4.56. The van der Waals surface area contributed by atoms with Crippen LogP contribution in [0.5, 0.6) is 0 Å². The highest BCUT2D eigenvalue weighted by Gasteiger charge is 2.52. The Kier molecular flexibility index (Phi) is 7.21. The number of carbonyl (C=O) groups is 1. The third-order valence-corrected chi connectivity index (χ3v) is 10.4. The molecule has 0 amide bonds. The van der Waals surface area contributed by atoms with E-state index in [1.165, 1.54) is 6.07 Å². The second kappa shape index (κ2) is 11.0. The van der Waals surface area contributed by atoms with E-state index in [-0.39, 0.29) is 5.56 Å². The maximum Gasteiger partial charge on any atom is 0.222 e. The van der Waals surface area contributed by atoms with Gasteiger partial charge in [-0.05, 0) is 54.6 Å². The van der Waals surface area contributed by atoms with Gasteiger partial charge in [0.2, 0.25) is 5.45 Å². The van der Waals surface area contributed by atoms with E-state index in [2.05, 4.69) is 90.4 Å². The molecule has 180 valence electrons. The fourth-order valence-corrected chi connectivity index (χ4v) is 8.78. The van der Waals surface area contributed by atoms with Crippen LogP contribution in [0.2, 0.25) is 0 Å². The quantitative estimate of drug-likeness (QED) is 0.189. The molecule has 0 aromatic heterocycles. The number of benzene rings is 5. The second-order valence-electron chi connectivity index (χ2n) is 8.42. The van der Waals surface area contributed by atoms with E-state index in [0.717, 1.165) is 26.9 Å². The lowest BCUT2D eigenvalue weighted by molar-refractivity contribution is -0.254. The van der Waals surface area contributed by atoms with Crippen molar-refractivity contribution in [3.8, 4) is 0 Å². The molecule has 0 unspecified atom stereocenters. The number of carboxylic acid groups (broad SMARTS) is 1. The van der Waals surface area contributed by atoms with Gasteiger partial charge in [-0.3, -0.25) is 5.43 Å². The zero-order valence-corrected chi connectivity index (χ0v) is 21.0. The van der Waals surface area contributed by atoms with Crippen LogP contribution in [0.4, 0.5) is 5.69 Å². The highest BCUT2D eigenvalue weighted by molar-refractivity contribution is 8.09. The molecular weight excluding hydrogens is 475 g/mol. The van der Waals surface area contributed by atoms with Crippen molar-refractivity contribution in [1.29, 1.82) is 0 Å². The minimum absolute atomic E-state index is 0.0572. The van der Waals surface area contributed by atoms with E-state index in [4.69, 9.17) is 5.10 Å². The molecule has 0 bridgehead atoms. The first-order chi connectivity index (χ1) is 18.2. The Balaban J connectivity index is 1.86. The van der Waals surface area contributed by atoms with Crippen LogP contribution in [0.1, 0.15) is 15.9 Å². The minimum atomic E-state index is -2.54. The van der Waals surface area contributed by atoms with Crippen molar-refractivity contribution < 1.29 is 9.90 Å². The monoisotopic (exact) mass is 500 g/mol. The minimum Gasteiger partial charge on any atom is -0.545 e. The van der Waals surface area contributed by atoms with Crippen LogP contribution in [-0.4, -0.2) is 11.4 Å². The molecule has 0 radical (unpaired) electrons. The molecule has 0 atom stereocenters. The van der Waals surface area contributed by atoms with Gasteiger partial charge in [0, 0.05) is 11.1 Å². The lowest BCUT2D eigenvalue weighted by Gasteiger charge is -2.28. The number of para-hydroxylation sites is 1. The summed E-state index contributed by atoms with van der Waals surface area (Å²) >= 11 is 0. The summed E-state index contributed by atoms with van der Waals surface area (Å²) in [7, 11) is -2.54. The third kappa shape index (κ3) is 4.80. The molecule has 0 aliphatic rings. The van der Waals surface area contributed by atoms with Crippen molar-refractivity contribution in [2.45, 2.75) is 0 Å². The average molecular weight is 501 g/mol. The van der Waals surface area contributed by atoms with Crippen molar-refractivity contribution in [3.63, 3.8) is 0 Å². The Hall–Kier alpha value is -4.53. The number of carbonyl (C=O) groups excluding carboxylic acids is 1. The Bertz CT molecular complexity index is 1410. The average Bonchev–Trinajstić information content (AvgIpc) is 2.97. The first kappa shape index (κ1) is 24.2. The van der Waals surface area contributed by atoms with Gasteiger partial charge in [0.25, 0.3) is 0 Å². The normalized spacial score (nSPS) is 11.6. The first-order valence-corrected chi connectivity index (χ1v) is 13.8. The number of aromatic carboxylic acids is 1. The number of hydrazone groups is 1. The van der Waals surface area contributed by atoms with Gasteiger partial charge in [-0.15, -0.1) is 5.10 Å². The molecule has 0 aliphatic heterocycles. The molecule has 0 saturated heterocycles. The third-order valence-electron chi connectivity index (χ3n) is 6.21. The molecule has 4 nitrogen and oxygen atoms in total. The van der Waals surface area contributed by atoms with Crippen LogP contribution in [0, 0.1) is 0 Å². The fraction of sp³-hybridized carbons (Fsp3) is 0. The van der Waals surface area contributed by atoms with Crippen LogP contribution >= 0.6 is 7.26 Å². The topological polar surface area (TPSA) is 64.5 Å². The molecule has 5 aromatic rings. The van der Waals surface area contributed by atoms with E-state index in [1.807, 2.05) is 36.4 Å². The van der Waals surface area contributed by atoms with Gasteiger partial charge in [0.15, 0.2) is 7.26 Å². The van der Waals surface area contributed by atoms with Gasteiger partial charge < -0.3 is 9.90 Å². The number of anilines is 1. The number of hydrogen-bond donors (Lipinski definition) is 1. The maximum atomic E-state index is 11.8. The molecule has 0 saturated carbocycles. The van der Waals surface area contributed by atoms with Crippen LogP contribution in [0.25, 0.3) is 0 Å². The van der Waals surface area contributed by atoms with Gasteiger partial charge in [0.05, 0.1) is 11.7 Å². The van der Waals surface area contributed by atoms with E-state index in [0.29, 0.717) is 5.69 Å². The van der Waals surface area contributed by atoms with E-state index < -0.39 is 13.2 Å². The smallest absolute Gasteiger partial charge is 0.222 e. The largest absolute Gasteiger partial charge is 0.545 e. The van der Waals surface area contributed by atoms with Gasteiger partial charge >= 0.3 is 0 Å². The van der Waals surface area contributed by atoms with Crippen LogP contribution < -0.4 is 26.4 Å². The Labute approximate surface area is 217 Å². The highest BCUT2D eigenvalue weighted by Crippen LogP contribution is 2.58. The van der Waals surface area contributed by atoms with E-state index in [9.17, 15) is 9.90 Å². The summed E-state index contributed by atoms with van der Waals surface area (Å²) < 4.78 is 0. The SMILES string of the molecule is O=C([O-])c1ccccc1N/N=C(\c1ccccc1)[P+](c1ccccc1)(c1ccccc1)c1ccccc1. The van der Waals surface area contributed by atoms with E-state index in [1.54, 1.807) is 18.2 Å². The van der Waals surface area contributed by atoms with Crippen LogP contribution in [0.15, 0.2) is 151 Å². The Morgan fingerprint density at radius 3 is 1.43 bits per heavy atom. The molecule has 5 heteroatoms. The van der Waals surface area contributed by atoms with Crippen molar-refractivity contribution in [3.05, 3.63) is 157 Å². The maximum absolute atomic E-state index is 11.8. The van der Waals surface area contributed by atoms with Crippen LogP contribution in [0.3, 0.4) is 0 Å². The summed E-state index contributed by atoms with van der Waals surface area (Å²) in [5.74, 6) is -1.25. The predicted molar refractivity (Wildman–Crippen MR) is 153 cm³/mol. The highest BCUT2D eigenvalue weighted by atomic mass is 31.2. The molecule has 5 rings (SSSR count). The van der Waals surface area contributed by atoms with Gasteiger partial charge in [-0.1, -0.05) is 91.0 Å². The number of nitrogens with zero attached hydrogens (tertiary/aromatic N) is 1. The summed E-state index contributed by atoms with van der Waals surface area (Å²) in [6.07, 6.45) is 0. The number of carboxylic acids is 1. The van der Waals surface area contributed by atoms with Crippen LogP contribution in [-0.2, 0) is 0 Å². The summed E-state index contributed by atoms with van der Waals surface area (Å²) in [5, 5.41) is 20.3. The zero-order valence-electron chi connectivity index (χ0n) is 20.1. The van der Waals surface area contributed by atoms with Gasteiger partial charge in [0.1, 0.15) is 15.9 Å². The molecule has 0 fully saturated rings. The standard InChI is InChI=1S/C32H25N2O2P/c35-32(36)29-23-13-14-24-30(29)33-34-31(25-15-5-1-6-16-25)37(26-17-7-2-8-18-26,27-19-9-3-10-20-27)28-21-11-4-12-22-28/h1-24,33H/b34-31+. The van der Waals surface area contributed by atoms with E-state index >= 15 is 0 Å². The lowest BCUT2D eigenvalue weighted by atomic mass is 10.2. The number of nitrogens with one attached hydrogen (secondary N) is 1. The Morgan fingerprint density at radius 1 is 0.568 bits per heavy atom. The molecule has 0 heterocycles. The predicted octanol–water partition coefficient (Wildman–Crippen LogP) is 4.82. The molecule has 5 aromatic carbocycles. The number of hydrogen-bond acceptors (Lipinski definition) is 4. The molecular formula is C32H25N2O2P. The van der Waals surface area contributed by atoms with Gasteiger partial charge in [-0.25, -0.2) is 0 Å². The molecule has 1 N–H and O–H groups in total. The summed E-state index contributed by atoms with van der Waals surface area (Å²) in [6.45, 7) is 0. The summed E-state index contributed by atoms with van der Waals surface area (Å²) in [6, 6.07) is 48.0. The second-order valence-corrected chi connectivity index (χ2v) is 11.7. The zero-order chi connectivity index (χ0) is 25.5. The molecule has 37 heavy (non-hydrogen) atoms. The van der Waals surface area contributed by atoms with Crippen molar-refractivity contribution in [1.82, 2.24) is 0 Å². The van der Waals surface area contributed by atoms with Crippen molar-refractivity contribution in [2.75, 3.05) is 5.43 Å². The van der Waals surface area contributed by atoms with Gasteiger partial charge in [-0.2, -0.15) is 0 Å². The number of rotatable bonds is 8. The summed E-state index contributed by atoms with van der Waals surface area (Å²) in [4.78, 5) is 11.8. The lowest BCUT2D eigenvalue weighted by Crippen LogP contribution is -2.37. The first-order valence-electron chi connectivity index (χ1n) is 12.0. The van der Waals surface area contributed by atoms with Crippen molar-refractivity contribution in [2.24, 2.45) is 5.10 Å². The summed E-state index contributed by atoms with van der Waals surface area (Å²) in [5.41, 5.74) is 5.33.